The summed E-state index contributed by atoms with van der Waals surface area (Å²) in [5.74, 6) is -1.04. The van der Waals surface area contributed by atoms with Crippen LogP contribution >= 0.6 is 0 Å². The number of sulfonamides is 1. The summed E-state index contributed by atoms with van der Waals surface area (Å²) in [6, 6.07) is 13.0. The van der Waals surface area contributed by atoms with Gasteiger partial charge in [-0.3, -0.25) is 4.79 Å². The van der Waals surface area contributed by atoms with E-state index in [9.17, 15) is 18.0 Å². The van der Waals surface area contributed by atoms with Crippen molar-refractivity contribution in [3.8, 4) is 0 Å². The molecule has 0 saturated carbocycles. The normalized spacial score (nSPS) is 16.9. The number of amides is 1. The highest BCUT2D eigenvalue weighted by molar-refractivity contribution is 7.88. The van der Waals surface area contributed by atoms with Gasteiger partial charge in [-0.05, 0) is 36.6 Å². The SMILES string of the molecule is CCOC(=O)c1ccccc1NC(=O)C1Cc2ccccc2CN1S(C)(=O)=O. The van der Waals surface area contributed by atoms with Crippen molar-refractivity contribution >= 4 is 27.6 Å². The molecular weight excluding hydrogens is 380 g/mol. The molecule has 148 valence electrons. The average Bonchev–Trinajstić information content (AvgIpc) is 2.66. The van der Waals surface area contributed by atoms with E-state index < -0.39 is 27.9 Å². The molecule has 1 amide bonds. The van der Waals surface area contributed by atoms with E-state index in [4.69, 9.17) is 4.74 Å². The van der Waals surface area contributed by atoms with Crippen LogP contribution in [-0.4, -0.2) is 43.5 Å². The van der Waals surface area contributed by atoms with Gasteiger partial charge in [0.1, 0.15) is 6.04 Å². The summed E-state index contributed by atoms with van der Waals surface area (Å²) in [6.45, 7) is 2.04. The van der Waals surface area contributed by atoms with Crippen LogP contribution in [0.4, 0.5) is 5.69 Å². The van der Waals surface area contributed by atoms with Crippen LogP contribution in [0.15, 0.2) is 48.5 Å². The molecule has 1 aliphatic heterocycles. The van der Waals surface area contributed by atoms with Gasteiger partial charge in [-0.15, -0.1) is 0 Å². The van der Waals surface area contributed by atoms with Crippen molar-refractivity contribution in [1.29, 1.82) is 0 Å². The van der Waals surface area contributed by atoms with Crippen LogP contribution in [0.2, 0.25) is 0 Å². The maximum absolute atomic E-state index is 13.0. The Hall–Kier alpha value is -2.71. The molecule has 0 fully saturated rings. The lowest BCUT2D eigenvalue weighted by molar-refractivity contribution is -0.120. The summed E-state index contributed by atoms with van der Waals surface area (Å²) >= 11 is 0. The smallest absolute Gasteiger partial charge is 0.340 e. The molecule has 0 spiro atoms. The summed E-state index contributed by atoms with van der Waals surface area (Å²) in [5.41, 5.74) is 2.32. The molecule has 1 unspecified atom stereocenters. The third-order valence-electron chi connectivity index (χ3n) is 4.61. The number of hydrogen-bond donors (Lipinski definition) is 1. The van der Waals surface area contributed by atoms with Gasteiger partial charge in [-0.1, -0.05) is 36.4 Å². The van der Waals surface area contributed by atoms with Crippen molar-refractivity contribution in [1.82, 2.24) is 4.31 Å². The largest absolute Gasteiger partial charge is 0.462 e. The molecule has 2 aromatic rings. The second kappa shape index (κ2) is 8.12. The summed E-state index contributed by atoms with van der Waals surface area (Å²) < 4.78 is 30.8. The third-order valence-corrected chi connectivity index (χ3v) is 5.85. The molecule has 0 radical (unpaired) electrons. The van der Waals surface area contributed by atoms with E-state index in [1.807, 2.05) is 24.3 Å². The van der Waals surface area contributed by atoms with Crippen LogP contribution in [-0.2, 0) is 32.5 Å². The number of carbonyl (C=O) groups is 2. The van der Waals surface area contributed by atoms with E-state index in [2.05, 4.69) is 5.32 Å². The summed E-state index contributed by atoms with van der Waals surface area (Å²) in [4.78, 5) is 25.1. The zero-order chi connectivity index (χ0) is 20.3. The quantitative estimate of drug-likeness (QED) is 0.774. The molecule has 1 atom stereocenters. The Morgan fingerprint density at radius 3 is 2.43 bits per heavy atom. The Morgan fingerprint density at radius 2 is 1.75 bits per heavy atom. The van der Waals surface area contributed by atoms with Crippen molar-refractivity contribution in [3.63, 3.8) is 0 Å². The number of nitrogens with zero attached hydrogens (tertiary/aromatic N) is 1. The van der Waals surface area contributed by atoms with Gasteiger partial charge in [0.15, 0.2) is 0 Å². The molecule has 2 aromatic carbocycles. The van der Waals surface area contributed by atoms with Crippen molar-refractivity contribution in [2.45, 2.75) is 25.9 Å². The van der Waals surface area contributed by atoms with Gasteiger partial charge < -0.3 is 10.1 Å². The Balaban J connectivity index is 1.90. The van der Waals surface area contributed by atoms with Gasteiger partial charge in [0.2, 0.25) is 15.9 Å². The van der Waals surface area contributed by atoms with E-state index in [0.717, 1.165) is 17.4 Å². The summed E-state index contributed by atoms with van der Waals surface area (Å²) in [7, 11) is -3.61. The Labute approximate surface area is 164 Å². The van der Waals surface area contributed by atoms with E-state index in [1.165, 1.54) is 4.31 Å². The standard InChI is InChI=1S/C20H22N2O5S/c1-3-27-20(24)16-10-6-7-11-17(16)21-19(23)18-12-14-8-4-5-9-15(14)13-22(18)28(2,25)26/h4-11,18H,3,12-13H2,1-2H3,(H,21,23). The number of nitrogens with one attached hydrogen (secondary N) is 1. The molecule has 0 saturated heterocycles. The van der Waals surface area contributed by atoms with Gasteiger partial charge >= 0.3 is 5.97 Å². The molecule has 1 heterocycles. The van der Waals surface area contributed by atoms with E-state index in [-0.39, 0.29) is 25.1 Å². The van der Waals surface area contributed by atoms with E-state index in [0.29, 0.717) is 5.69 Å². The van der Waals surface area contributed by atoms with Gasteiger partial charge in [-0.25, -0.2) is 13.2 Å². The summed E-state index contributed by atoms with van der Waals surface area (Å²) in [5, 5.41) is 2.71. The lowest BCUT2D eigenvalue weighted by Crippen LogP contribution is -2.50. The first-order chi connectivity index (χ1) is 13.3. The molecule has 8 heteroatoms. The van der Waals surface area contributed by atoms with Gasteiger partial charge in [0.25, 0.3) is 0 Å². The van der Waals surface area contributed by atoms with Crippen LogP contribution in [0.25, 0.3) is 0 Å². The first kappa shape index (κ1) is 20.0. The Morgan fingerprint density at radius 1 is 1.11 bits per heavy atom. The van der Waals surface area contributed by atoms with Crippen molar-refractivity contribution in [2.75, 3.05) is 18.2 Å². The molecule has 0 bridgehead atoms. The number of para-hydroxylation sites is 1. The average molecular weight is 402 g/mol. The molecule has 28 heavy (non-hydrogen) atoms. The topological polar surface area (TPSA) is 92.8 Å². The summed E-state index contributed by atoms with van der Waals surface area (Å²) in [6.07, 6.45) is 1.35. The maximum Gasteiger partial charge on any atom is 0.340 e. The molecule has 0 aliphatic carbocycles. The molecule has 1 aliphatic rings. The molecule has 3 rings (SSSR count). The number of esters is 1. The Kier molecular flexibility index (Phi) is 5.81. The highest BCUT2D eigenvalue weighted by Crippen LogP contribution is 2.27. The lowest BCUT2D eigenvalue weighted by Gasteiger charge is -2.34. The molecule has 7 nitrogen and oxygen atoms in total. The fraction of sp³-hybridized carbons (Fsp3) is 0.300. The molecule has 1 N–H and O–H groups in total. The maximum atomic E-state index is 13.0. The number of rotatable bonds is 5. The highest BCUT2D eigenvalue weighted by Gasteiger charge is 2.37. The predicted molar refractivity (Wildman–Crippen MR) is 105 cm³/mol. The number of ether oxygens (including phenoxy) is 1. The fourth-order valence-corrected chi connectivity index (χ4v) is 4.27. The van der Waals surface area contributed by atoms with Gasteiger partial charge in [0.05, 0.1) is 24.1 Å². The minimum Gasteiger partial charge on any atom is -0.462 e. The van der Waals surface area contributed by atoms with Gasteiger partial charge in [0, 0.05) is 6.54 Å². The minimum absolute atomic E-state index is 0.132. The minimum atomic E-state index is -3.61. The van der Waals surface area contributed by atoms with E-state index >= 15 is 0 Å². The zero-order valence-electron chi connectivity index (χ0n) is 15.7. The second-order valence-corrected chi connectivity index (χ2v) is 8.49. The van der Waals surface area contributed by atoms with Crippen molar-refractivity contribution in [2.24, 2.45) is 0 Å². The zero-order valence-corrected chi connectivity index (χ0v) is 16.5. The third kappa shape index (κ3) is 4.23. The molecule has 0 aromatic heterocycles. The lowest BCUT2D eigenvalue weighted by atomic mass is 9.95. The number of fused-ring (bicyclic) bond motifs is 1. The fourth-order valence-electron chi connectivity index (χ4n) is 3.27. The van der Waals surface area contributed by atoms with Crippen molar-refractivity contribution in [3.05, 3.63) is 65.2 Å². The number of benzene rings is 2. The monoisotopic (exact) mass is 402 g/mol. The number of hydrogen-bond acceptors (Lipinski definition) is 5. The highest BCUT2D eigenvalue weighted by atomic mass is 32.2. The van der Waals surface area contributed by atoms with Crippen LogP contribution in [0, 0.1) is 0 Å². The first-order valence-electron chi connectivity index (χ1n) is 8.92. The predicted octanol–water partition coefficient (Wildman–Crippen LogP) is 2.19. The van der Waals surface area contributed by atoms with Crippen molar-refractivity contribution < 1.29 is 22.7 Å². The Bertz CT molecular complexity index is 1000. The second-order valence-electron chi connectivity index (χ2n) is 6.55. The van der Waals surface area contributed by atoms with Crippen LogP contribution < -0.4 is 5.32 Å². The van der Waals surface area contributed by atoms with E-state index in [1.54, 1.807) is 31.2 Å². The van der Waals surface area contributed by atoms with Crippen LogP contribution in [0.3, 0.4) is 0 Å². The molecular formula is C20H22N2O5S. The van der Waals surface area contributed by atoms with Gasteiger partial charge in [-0.2, -0.15) is 4.31 Å². The van der Waals surface area contributed by atoms with Crippen LogP contribution in [0.5, 0.6) is 0 Å². The number of anilines is 1. The van der Waals surface area contributed by atoms with Crippen LogP contribution in [0.1, 0.15) is 28.4 Å². The first-order valence-corrected chi connectivity index (χ1v) is 10.8. The number of carbonyl (C=O) groups excluding carboxylic acids is 2.